The van der Waals surface area contributed by atoms with E-state index in [-0.39, 0.29) is 30.7 Å². The van der Waals surface area contributed by atoms with Crippen molar-refractivity contribution in [3.63, 3.8) is 0 Å². The van der Waals surface area contributed by atoms with Crippen LogP contribution in [0.3, 0.4) is 0 Å². The maximum absolute atomic E-state index is 12.9. The summed E-state index contributed by atoms with van der Waals surface area (Å²) in [6.07, 6.45) is 9.10. The van der Waals surface area contributed by atoms with Crippen LogP contribution in [0.1, 0.15) is 12.0 Å². The third kappa shape index (κ3) is 6.40. The lowest BCUT2D eigenvalue weighted by molar-refractivity contribution is -0.125. The second-order valence-corrected chi connectivity index (χ2v) is 5.82. The zero-order valence-corrected chi connectivity index (χ0v) is 14.1. The van der Waals surface area contributed by atoms with E-state index in [2.05, 4.69) is 11.2 Å². The number of hydrogen-bond donors (Lipinski definition) is 1. The van der Waals surface area contributed by atoms with Gasteiger partial charge < -0.3 is 10.2 Å². The third-order valence-corrected chi connectivity index (χ3v) is 3.94. The molecule has 1 aliphatic heterocycles. The van der Waals surface area contributed by atoms with Gasteiger partial charge in [0.15, 0.2) is 0 Å². The Morgan fingerprint density at radius 3 is 2.68 bits per heavy atom. The Kier molecular flexibility index (Phi) is 7.17. The van der Waals surface area contributed by atoms with Crippen LogP contribution in [-0.4, -0.2) is 60.9 Å². The maximum Gasteiger partial charge on any atom is 0.246 e. The third-order valence-electron chi connectivity index (χ3n) is 3.94. The van der Waals surface area contributed by atoms with Gasteiger partial charge in [-0.15, -0.1) is 6.42 Å². The number of rotatable bonds is 5. The first-order valence-electron chi connectivity index (χ1n) is 8.23. The molecular formula is C19H22FN3O2. The van der Waals surface area contributed by atoms with Crippen LogP contribution in [0.2, 0.25) is 0 Å². The van der Waals surface area contributed by atoms with Crippen LogP contribution in [-0.2, 0) is 9.59 Å². The summed E-state index contributed by atoms with van der Waals surface area (Å²) in [4.78, 5) is 27.8. The zero-order valence-electron chi connectivity index (χ0n) is 14.1. The first-order valence-corrected chi connectivity index (χ1v) is 8.23. The van der Waals surface area contributed by atoms with E-state index in [1.165, 1.54) is 18.2 Å². The Bertz CT molecular complexity index is 664. The number of hydrogen-bond acceptors (Lipinski definition) is 3. The predicted molar refractivity (Wildman–Crippen MR) is 94.9 cm³/mol. The number of nitrogens with one attached hydrogen (secondary N) is 1. The quantitative estimate of drug-likeness (QED) is 0.644. The van der Waals surface area contributed by atoms with Gasteiger partial charge in [0, 0.05) is 32.3 Å². The van der Waals surface area contributed by atoms with E-state index >= 15 is 0 Å². The highest BCUT2D eigenvalue weighted by Crippen LogP contribution is 2.07. The minimum absolute atomic E-state index is 0.0806. The Morgan fingerprint density at radius 2 is 1.96 bits per heavy atom. The van der Waals surface area contributed by atoms with Gasteiger partial charge in [0.05, 0.1) is 13.1 Å². The van der Waals surface area contributed by atoms with Crippen LogP contribution < -0.4 is 5.32 Å². The van der Waals surface area contributed by atoms with E-state index in [1.807, 2.05) is 4.90 Å². The molecule has 1 aromatic carbocycles. The number of benzene rings is 1. The van der Waals surface area contributed by atoms with Crippen molar-refractivity contribution in [3.05, 3.63) is 41.7 Å². The molecule has 132 valence electrons. The van der Waals surface area contributed by atoms with Gasteiger partial charge in [0.25, 0.3) is 0 Å². The summed E-state index contributed by atoms with van der Waals surface area (Å²) < 4.78 is 12.9. The van der Waals surface area contributed by atoms with Crippen LogP contribution in [0, 0.1) is 18.2 Å². The van der Waals surface area contributed by atoms with Gasteiger partial charge in [0.1, 0.15) is 5.82 Å². The summed E-state index contributed by atoms with van der Waals surface area (Å²) in [6, 6.07) is 5.97. The molecular weight excluding hydrogens is 321 g/mol. The van der Waals surface area contributed by atoms with Gasteiger partial charge in [-0.1, -0.05) is 18.1 Å². The number of carbonyl (C=O) groups is 2. The minimum atomic E-state index is -0.303. The van der Waals surface area contributed by atoms with Crippen LogP contribution in [0.15, 0.2) is 30.3 Å². The normalized spacial score (nSPS) is 15.6. The molecule has 6 heteroatoms. The molecule has 1 saturated heterocycles. The van der Waals surface area contributed by atoms with Gasteiger partial charge in [-0.2, -0.15) is 0 Å². The van der Waals surface area contributed by atoms with Crippen LogP contribution >= 0.6 is 0 Å². The molecule has 0 radical (unpaired) electrons. The smallest absolute Gasteiger partial charge is 0.246 e. The molecule has 0 spiro atoms. The molecule has 1 N–H and O–H groups in total. The lowest BCUT2D eigenvalue weighted by atomic mass is 10.2. The van der Waals surface area contributed by atoms with Crippen molar-refractivity contribution in [1.29, 1.82) is 0 Å². The maximum atomic E-state index is 12.9. The molecule has 1 aromatic rings. The van der Waals surface area contributed by atoms with Gasteiger partial charge in [-0.05, 0) is 30.2 Å². The van der Waals surface area contributed by atoms with Crippen molar-refractivity contribution in [2.75, 3.05) is 39.3 Å². The van der Waals surface area contributed by atoms with E-state index in [0.29, 0.717) is 19.6 Å². The average molecular weight is 343 g/mol. The van der Waals surface area contributed by atoms with Crippen molar-refractivity contribution in [2.45, 2.75) is 6.42 Å². The van der Waals surface area contributed by atoms with Crippen molar-refractivity contribution >= 4 is 17.9 Å². The summed E-state index contributed by atoms with van der Waals surface area (Å²) in [5.41, 5.74) is 0.774. The zero-order chi connectivity index (χ0) is 18.1. The number of amides is 2. The van der Waals surface area contributed by atoms with E-state index in [0.717, 1.165) is 18.5 Å². The molecule has 0 aromatic heterocycles. The summed E-state index contributed by atoms with van der Waals surface area (Å²) >= 11 is 0. The predicted octanol–water partition coefficient (Wildman–Crippen LogP) is 1.12. The molecule has 1 aliphatic rings. The van der Waals surface area contributed by atoms with Crippen LogP contribution in [0.5, 0.6) is 0 Å². The number of halogens is 1. The first kappa shape index (κ1) is 18.7. The van der Waals surface area contributed by atoms with Crippen molar-refractivity contribution in [2.24, 2.45) is 0 Å². The SMILES string of the molecule is C#CCNC(=O)CN1CCCN(C(=O)C=Cc2ccc(F)cc2)CC1. The minimum Gasteiger partial charge on any atom is -0.344 e. The summed E-state index contributed by atoms with van der Waals surface area (Å²) in [7, 11) is 0. The molecule has 0 saturated carbocycles. The van der Waals surface area contributed by atoms with Crippen molar-refractivity contribution in [1.82, 2.24) is 15.1 Å². The van der Waals surface area contributed by atoms with Gasteiger partial charge in [0.2, 0.25) is 11.8 Å². The van der Waals surface area contributed by atoms with Gasteiger partial charge in [-0.3, -0.25) is 14.5 Å². The molecule has 5 nitrogen and oxygen atoms in total. The number of carbonyl (C=O) groups excluding carboxylic acids is 2. The summed E-state index contributed by atoms with van der Waals surface area (Å²) in [5, 5.41) is 2.64. The fourth-order valence-electron chi connectivity index (χ4n) is 2.60. The summed E-state index contributed by atoms with van der Waals surface area (Å²) in [5.74, 6) is 1.88. The number of terminal acetylenes is 1. The first-order chi connectivity index (χ1) is 12.1. The Hall–Kier alpha value is -2.65. The van der Waals surface area contributed by atoms with Gasteiger partial charge in [-0.25, -0.2) is 4.39 Å². The molecule has 1 fully saturated rings. The standard InChI is InChI=1S/C19H22FN3O2/c1-2-10-21-18(24)15-22-11-3-12-23(14-13-22)19(25)9-6-16-4-7-17(20)8-5-16/h1,4-9H,3,10-15H2,(H,21,24). The Labute approximate surface area is 147 Å². The van der Waals surface area contributed by atoms with Crippen molar-refractivity contribution in [3.8, 4) is 12.3 Å². The van der Waals surface area contributed by atoms with Crippen LogP contribution in [0.4, 0.5) is 4.39 Å². The fraction of sp³-hybridized carbons (Fsp3) is 0.368. The van der Waals surface area contributed by atoms with E-state index < -0.39 is 0 Å². The molecule has 0 unspecified atom stereocenters. The van der Waals surface area contributed by atoms with E-state index in [1.54, 1.807) is 23.1 Å². The highest BCUT2D eigenvalue weighted by molar-refractivity contribution is 5.91. The van der Waals surface area contributed by atoms with E-state index in [4.69, 9.17) is 6.42 Å². The average Bonchev–Trinajstić information content (AvgIpc) is 2.85. The van der Waals surface area contributed by atoms with Gasteiger partial charge >= 0.3 is 0 Å². The number of nitrogens with zero attached hydrogens (tertiary/aromatic N) is 2. The monoisotopic (exact) mass is 343 g/mol. The largest absolute Gasteiger partial charge is 0.344 e. The molecule has 2 amide bonds. The molecule has 2 rings (SSSR count). The Morgan fingerprint density at radius 1 is 1.20 bits per heavy atom. The molecule has 25 heavy (non-hydrogen) atoms. The second-order valence-electron chi connectivity index (χ2n) is 5.82. The lowest BCUT2D eigenvalue weighted by Crippen LogP contribution is -2.39. The molecule has 1 heterocycles. The fourth-order valence-corrected chi connectivity index (χ4v) is 2.60. The highest BCUT2D eigenvalue weighted by atomic mass is 19.1. The van der Waals surface area contributed by atoms with E-state index in [9.17, 15) is 14.0 Å². The summed E-state index contributed by atoms with van der Waals surface area (Å²) in [6.45, 7) is 3.12. The highest BCUT2D eigenvalue weighted by Gasteiger charge is 2.19. The van der Waals surface area contributed by atoms with Crippen molar-refractivity contribution < 1.29 is 14.0 Å². The molecule has 0 atom stereocenters. The molecule has 0 bridgehead atoms. The Balaban J connectivity index is 1.83. The molecule has 0 aliphatic carbocycles. The lowest BCUT2D eigenvalue weighted by Gasteiger charge is -2.20. The van der Waals surface area contributed by atoms with Crippen LogP contribution in [0.25, 0.3) is 6.08 Å². The topological polar surface area (TPSA) is 52.7 Å². The second kappa shape index (κ2) is 9.60.